The van der Waals surface area contributed by atoms with E-state index in [1.807, 2.05) is 12.1 Å². The maximum Gasteiger partial charge on any atom is 0.338 e. The van der Waals surface area contributed by atoms with E-state index in [1.165, 1.54) is 32.2 Å². The number of ether oxygens (including phenoxy) is 2. The first-order valence-electron chi connectivity index (χ1n) is 10.2. The molecule has 150 valence electrons. The molecule has 0 N–H and O–H groups in total. The van der Waals surface area contributed by atoms with Gasteiger partial charge >= 0.3 is 5.97 Å². The molecule has 0 amide bonds. The summed E-state index contributed by atoms with van der Waals surface area (Å²) in [5.41, 5.74) is 1.68. The summed E-state index contributed by atoms with van der Waals surface area (Å²) in [5.74, 6) is 0.737. The predicted molar refractivity (Wildman–Crippen MR) is 109 cm³/mol. The summed E-state index contributed by atoms with van der Waals surface area (Å²) in [7, 11) is 0. The van der Waals surface area contributed by atoms with Gasteiger partial charge in [0.1, 0.15) is 11.9 Å². The molecule has 1 aromatic rings. The predicted octanol–water partition coefficient (Wildman–Crippen LogP) is 5.02. The molecule has 1 aromatic carbocycles. The zero-order chi connectivity index (χ0) is 19.4. The van der Waals surface area contributed by atoms with E-state index in [4.69, 9.17) is 21.1 Å². The minimum Gasteiger partial charge on any atom is -0.489 e. The van der Waals surface area contributed by atoms with E-state index >= 15 is 0 Å². The highest BCUT2D eigenvalue weighted by atomic mass is 35.5. The Morgan fingerprint density at radius 2 is 2.11 bits per heavy atom. The summed E-state index contributed by atoms with van der Waals surface area (Å²) in [6.45, 7) is 9.21. The van der Waals surface area contributed by atoms with E-state index in [2.05, 4.69) is 18.7 Å². The maximum absolute atomic E-state index is 12.1. The molecule has 1 saturated heterocycles. The zero-order valence-corrected chi connectivity index (χ0v) is 17.6. The number of halogens is 1. The highest BCUT2D eigenvalue weighted by molar-refractivity contribution is 6.17. The van der Waals surface area contributed by atoms with Gasteiger partial charge in [-0.3, -0.25) is 4.90 Å². The lowest BCUT2D eigenvalue weighted by Gasteiger charge is -2.42. The van der Waals surface area contributed by atoms with Gasteiger partial charge in [-0.2, -0.15) is 0 Å². The van der Waals surface area contributed by atoms with Gasteiger partial charge in [-0.1, -0.05) is 13.8 Å². The Bertz CT molecular complexity index is 661. The summed E-state index contributed by atoms with van der Waals surface area (Å²) in [6, 6.07) is 6.03. The Hall–Kier alpha value is -1.26. The fraction of sp³-hybridized carbons (Fsp3) is 0.682. The van der Waals surface area contributed by atoms with Crippen LogP contribution in [0, 0.1) is 5.41 Å². The van der Waals surface area contributed by atoms with Crippen LogP contribution in [0.15, 0.2) is 18.2 Å². The number of hydrogen-bond donors (Lipinski definition) is 0. The number of benzene rings is 1. The second-order valence-electron chi connectivity index (χ2n) is 8.57. The van der Waals surface area contributed by atoms with E-state index < -0.39 is 0 Å². The molecular weight excluding hydrogens is 362 g/mol. The molecule has 0 aromatic heterocycles. The number of likely N-dealkylation sites (tertiary alicyclic amines) is 1. The van der Waals surface area contributed by atoms with Crippen LogP contribution in [0.25, 0.3) is 0 Å². The van der Waals surface area contributed by atoms with E-state index in [0.29, 0.717) is 23.6 Å². The Morgan fingerprint density at radius 1 is 1.30 bits per heavy atom. The number of alkyl halides is 1. The van der Waals surface area contributed by atoms with Gasteiger partial charge in [0, 0.05) is 18.5 Å². The third kappa shape index (κ3) is 4.97. The first-order chi connectivity index (χ1) is 12.9. The van der Waals surface area contributed by atoms with Crippen LogP contribution < -0.4 is 4.74 Å². The smallest absolute Gasteiger partial charge is 0.338 e. The average Bonchev–Trinajstić information content (AvgIpc) is 3.09. The van der Waals surface area contributed by atoms with Crippen molar-refractivity contribution in [2.45, 2.75) is 70.9 Å². The standard InChI is InChI=1S/C22H32ClNO3/c1-4-26-21(25)18-10-9-17(13-16(18)14-23)27-20-8-5-7-19(20)24-12-6-11-22(2,3)15-24/h9-10,13,19-20H,4-8,11-12,14-15H2,1-3H3. The first kappa shape index (κ1) is 20.5. The zero-order valence-electron chi connectivity index (χ0n) is 16.8. The Labute approximate surface area is 168 Å². The fourth-order valence-electron chi connectivity index (χ4n) is 4.55. The van der Waals surface area contributed by atoms with Crippen molar-refractivity contribution in [3.8, 4) is 5.75 Å². The molecular formula is C22H32ClNO3. The third-order valence-electron chi connectivity index (χ3n) is 5.82. The van der Waals surface area contributed by atoms with E-state index in [1.54, 1.807) is 13.0 Å². The lowest BCUT2D eigenvalue weighted by molar-refractivity contribution is 0.0318. The molecule has 1 aliphatic carbocycles. The minimum absolute atomic E-state index is 0.204. The van der Waals surface area contributed by atoms with Gasteiger partial charge in [-0.05, 0) is 74.8 Å². The van der Waals surface area contributed by atoms with Crippen LogP contribution in [-0.4, -0.2) is 42.7 Å². The fourth-order valence-corrected chi connectivity index (χ4v) is 4.77. The number of hydrogen-bond acceptors (Lipinski definition) is 4. The topological polar surface area (TPSA) is 38.8 Å². The first-order valence-corrected chi connectivity index (χ1v) is 10.7. The normalized spacial score (nSPS) is 25.3. The summed E-state index contributed by atoms with van der Waals surface area (Å²) in [6.07, 6.45) is 6.25. The molecule has 5 heteroatoms. The minimum atomic E-state index is -0.325. The SMILES string of the molecule is CCOC(=O)c1ccc(OC2CCCC2N2CCCC(C)(C)C2)cc1CCl. The summed E-state index contributed by atoms with van der Waals surface area (Å²) in [5, 5.41) is 0. The van der Waals surface area contributed by atoms with E-state index in [0.717, 1.165) is 24.3 Å². The van der Waals surface area contributed by atoms with Crippen molar-refractivity contribution in [3.63, 3.8) is 0 Å². The quantitative estimate of drug-likeness (QED) is 0.502. The van der Waals surface area contributed by atoms with Crippen LogP contribution in [0.5, 0.6) is 5.75 Å². The lowest BCUT2D eigenvalue weighted by atomic mass is 9.83. The molecule has 4 nitrogen and oxygen atoms in total. The van der Waals surface area contributed by atoms with Crippen molar-refractivity contribution < 1.29 is 14.3 Å². The van der Waals surface area contributed by atoms with Gasteiger partial charge in [0.15, 0.2) is 0 Å². The van der Waals surface area contributed by atoms with Gasteiger partial charge in [0.25, 0.3) is 0 Å². The highest BCUT2D eigenvalue weighted by Gasteiger charge is 2.38. The van der Waals surface area contributed by atoms with Crippen LogP contribution in [0.1, 0.15) is 68.8 Å². The molecule has 0 radical (unpaired) electrons. The lowest BCUT2D eigenvalue weighted by Crippen LogP contribution is -2.49. The number of carbonyl (C=O) groups is 1. The second-order valence-corrected chi connectivity index (χ2v) is 8.83. The summed E-state index contributed by atoms with van der Waals surface area (Å²) >= 11 is 6.08. The number of piperidine rings is 1. The monoisotopic (exact) mass is 393 g/mol. The molecule has 2 atom stereocenters. The Morgan fingerprint density at radius 3 is 2.81 bits per heavy atom. The van der Waals surface area contributed by atoms with Crippen molar-refractivity contribution >= 4 is 17.6 Å². The molecule has 1 saturated carbocycles. The largest absolute Gasteiger partial charge is 0.489 e. The Kier molecular flexibility index (Phi) is 6.69. The van der Waals surface area contributed by atoms with Crippen LogP contribution in [0.2, 0.25) is 0 Å². The molecule has 27 heavy (non-hydrogen) atoms. The molecule has 2 aliphatic rings. The van der Waals surface area contributed by atoms with Crippen LogP contribution in [0.4, 0.5) is 0 Å². The van der Waals surface area contributed by atoms with E-state index in [-0.39, 0.29) is 18.0 Å². The molecule has 2 unspecified atom stereocenters. The molecule has 0 spiro atoms. The molecule has 1 heterocycles. The highest BCUT2D eigenvalue weighted by Crippen LogP contribution is 2.35. The van der Waals surface area contributed by atoms with Crippen molar-refractivity contribution in [1.29, 1.82) is 0 Å². The maximum atomic E-state index is 12.1. The van der Waals surface area contributed by atoms with Gasteiger partial charge in [0.2, 0.25) is 0 Å². The van der Waals surface area contributed by atoms with Crippen LogP contribution in [0.3, 0.4) is 0 Å². The average molecular weight is 394 g/mol. The third-order valence-corrected chi connectivity index (χ3v) is 6.11. The summed E-state index contributed by atoms with van der Waals surface area (Å²) < 4.78 is 11.5. The number of carbonyl (C=O) groups excluding carboxylic acids is 1. The van der Waals surface area contributed by atoms with Crippen molar-refractivity contribution in [3.05, 3.63) is 29.3 Å². The van der Waals surface area contributed by atoms with Gasteiger partial charge in [0.05, 0.1) is 12.2 Å². The van der Waals surface area contributed by atoms with Gasteiger partial charge in [-0.25, -0.2) is 4.79 Å². The molecule has 1 aliphatic heterocycles. The number of rotatable bonds is 6. The Balaban J connectivity index is 1.71. The van der Waals surface area contributed by atoms with Gasteiger partial charge < -0.3 is 9.47 Å². The van der Waals surface area contributed by atoms with Crippen molar-refractivity contribution in [2.24, 2.45) is 5.41 Å². The molecule has 0 bridgehead atoms. The van der Waals surface area contributed by atoms with E-state index in [9.17, 15) is 4.79 Å². The molecule has 3 rings (SSSR count). The number of esters is 1. The van der Waals surface area contributed by atoms with Crippen molar-refractivity contribution in [1.82, 2.24) is 4.90 Å². The van der Waals surface area contributed by atoms with Crippen LogP contribution >= 0.6 is 11.6 Å². The second kappa shape index (κ2) is 8.83. The van der Waals surface area contributed by atoms with Crippen molar-refractivity contribution in [2.75, 3.05) is 19.7 Å². The van der Waals surface area contributed by atoms with Gasteiger partial charge in [-0.15, -0.1) is 11.6 Å². The summed E-state index contributed by atoms with van der Waals surface area (Å²) in [4.78, 5) is 14.7. The number of nitrogens with zero attached hydrogens (tertiary/aromatic N) is 1. The van der Waals surface area contributed by atoms with Crippen LogP contribution in [-0.2, 0) is 10.6 Å². The molecule has 2 fully saturated rings.